The Morgan fingerprint density at radius 1 is 1.05 bits per heavy atom. The molecule has 0 bridgehead atoms. The van der Waals surface area contributed by atoms with E-state index >= 15 is 0 Å². The summed E-state index contributed by atoms with van der Waals surface area (Å²) in [4.78, 5) is -0.751. The van der Waals surface area contributed by atoms with Crippen molar-refractivity contribution in [2.24, 2.45) is 5.73 Å². The second-order valence-electron chi connectivity index (χ2n) is 4.25. The Labute approximate surface area is 116 Å². The summed E-state index contributed by atoms with van der Waals surface area (Å²) in [5, 5.41) is 3.00. The number of rotatable bonds is 7. The zero-order chi connectivity index (χ0) is 15.2. The number of nitrogens with one attached hydrogen (secondary N) is 1. The van der Waals surface area contributed by atoms with Crippen LogP contribution in [0.3, 0.4) is 0 Å². The molecule has 20 heavy (non-hydrogen) atoms. The van der Waals surface area contributed by atoms with E-state index in [0.29, 0.717) is 18.8 Å². The van der Waals surface area contributed by atoms with Gasteiger partial charge in [0.1, 0.15) is 0 Å². The van der Waals surface area contributed by atoms with E-state index in [4.69, 9.17) is 5.73 Å². The highest BCUT2D eigenvalue weighted by Crippen LogP contribution is 2.30. The molecule has 0 unspecified atom stereocenters. The second kappa shape index (κ2) is 6.94. The Kier molecular flexibility index (Phi) is 5.82. The molecule has 1 aromatic carbocycles. The molecule has 0 aliphatic rings. The van der Waals surface area contributed by atoms with Gasteiger partial charge in [-0.25, -0.2) is 8.42 Å². The molecular weight excluding hydrogens is 293 g/mol. The summed E-state index contributed by atoms with van der Waals surface area (Å²) in [6.07, 6.45) is 2.77. The van der Waals surface area contributed by atoms with E-state index in [0.717, 1.165) is 31.4 Å². The van der Waals surface area contributed by atoms with Crippen LogP contribution in [0.4, 0.5) is 18.9 Å². The molecule has 4 nitrogen and oxygen atoms in total. The van der Waals surface area contributed by atoms with Crippen molar-refractivity contribution < 1.29 is 21.6 Å². The summed E-state index contributed by atoms with van der Waals surface area (Å²) < 4.78 is 59.3. The van der Waals surface area contributed by atoms with E-state index in [1.807, 2.05) is 0 Å². The number of benzene rings is 1. The van der Waals surface area contributed by atoms with Gasteiger partial charge in [-0.05, 0) is 43.7 Å². The monoisotopic (exact) mass is 310 g/mol. The van der Waals surface area contributed by atoms with E-state index < -0.39 is 20.2 Å². The molecule has 1 rings (SSSR count). The minimum absolute atomic E-state index is 0.582. The fourth-order valence-corrected chi connectivity index (χ4v) is 2.33. The van der Waals surface area contributed by atoms with Crippen LogP contribution in [0.25, 0.3) is 0 Å². The summed E-state index contributed by atoms with van der Waals surface area (Å²) in [6, 6.07) is 4.54. The predicted molar refractivity (Wildman–Crippen MR) is 71.1 cm³/mol. The fraction of sp³-hybridized carbons (Fsp3) is 0.500. The predicted octanol–water partition coefficient (Wildman–Crippen LogP) is 2.52. The first-order valence-corrected chi connectivity index (χ1v) is 7.62. The van der Waals surface area contributed by atoms with Crippen LogP contribution in [0.1, 0.15) is 19.3 Å². The first kappa shape index (κ1) is 16.8. The molecule has 0 heterocycles. The SMILES string of the molecule is NCCCCCNc1ccc(S(=O)(=O)C(F)(F)F)cc1. The van der Waals surface area contributed by atoms with Gasteiger partial charge in [-0.2, -0.15) is 13.2 Å². The zero-order valence-electron chi connectivity index (χ0n) is 10.8. The minimum atomic E-state index is -5.27. The Balaban J connectivity index is 2.61. The number of nitrogens with two attached hydrogens (primary N) is 1. The Morgan fingerprint density at radius 3 is 2.15 bits per heavy atom. The van der Waals surface area contributed by atoms with Crippen LogP contribution in [-0.2, 0) is 9.84 Å². The summed E-state index contributed by atoms with van der Waals surface area (Å²) in [5.74, 6) is 0. The molecule has 0 fully saturated rings. The molecule has 1 aromatic rings. The maximum atomic E-state index is 12.3. The Morgan fingerprint density at radius 2 is 1.65 bits per heavy atom. The molecule has 0 radical (unpaired) electrons. The molecule has 0 saturated carbocycles. The zero-order valence-corrected chi connectivity index (χ0v) is 11.6. The number of anilines is 1. The minimum Gasteiger partial charge on any atom is -0.385 e. The first-order valence-electron chi connectivity index (χ1n) is 6.14. The van der Waals surface area contributed by atoms with Crippen LogP contribution in [0.2, 0.25) is 0 Å². The van der Waals surface area contributed by atoms with Crippen molar-refractivity contribution >= 4 is 15.5 Å². The topological polar surface area (TPSA) is 72.2 Å². The molecule has 0 spiro atoms. The van der Waals surface area contributed by atoms with Crippen LogP contribution in [0.5, 0.6) is 0 Å². The average Bonchev–Trinajstić information content (AvgIpc) is 2.38. The molecule has 0 aliphatic carbocycles. The molecule has 0 atom stereocenters. The molecule has 0 saturated heterocycles. The lowest BCUT2D eigenvalue weighted by Crippen LogP contribution is -2.23. The van der Waals surface area contributed by atoms with Crippen molar-refractivity contribution in [1.29, 1.82) is 0 Å². The van der Waals surface area contributed by atoms with Crippen molar-refractivity contribution in [2.45, 2.75) is 29.7 Å². The number of sulfone groups is 1. The van der Waals surface area contributed by atoms with Gasteiger partial charge < -0.3 is 11.1 Å². The van der Waals surface area contributed by atoms with Gasteiger partial charge in [0.2, 0.25) is 0 Å². The van der Waals surface area contributed by atoms with Crippen LogP contribution < -0.4 is 11.1 Å². The van der Waals surface area contributed by atoms with Gasteiger partial charge in [0.15, 0.2) is 0 Å². The third-order valence-corrected chi connectivity index (χ3v) is 4.18. The van der Waals surface area contributed by atoms with Crippen LogP contribution in [0.15, 0.2) is 29.2 Å². The smallest absolute Gasteiger partial charge is 0.385 e. The summed E-state index contributed by atoms with van der Waals surface area (Å²) in [5.41, 5.74) is 0.654. The normalized spacial score (nSPS) is 12.4. The van der Waals surface area contributed by atoms with E-state index in [2.05, 4.69) is 5.32 Å². The Hall–Kier alpha value is -1.28. The maximum absolute atomic E-state index is 12.3. The van der Waals surface area contributed by atoms with Crippen LogP contribution >= 0.6 is 0 Å². The number of hydrogen-bond acceptors (Lipinski definition) is 4. The molecule has 3 N–H and O–H groups in total. The Bertz CT molecular complexity index is 512. The van der Waals surface area contributed by atoms with Crippen LogP contribution in [0, 0.1) is 0 Å². The lowest BCUT2D eigenvalue weighted by molar-refractivity contribution is -0.0436. The van der Waals surface area contributed by atoms with Crippen LogP contribution in [-0.4, -0.2) is 27.0 Å². The third kappa shape index (κ3) is 4.38. The largest absolute Gasteiger partial charge is 0.501 e. The number of alkyl halides is 3. The molecule has 0 aromatic heterocycles. The maximum Gasteiger partial charge on any atom is 0.501 e. The van der Waals surface area contributed by atoms with Crippen molar-refractivity contribution in [3.8, 4) is 0 Å². The lowest BCUT2D eigenvalue weighted by Gasteiger charge is -2.10. The van der Waals surface area contributed by atoms with E-state index in [-0.39, 0.29) is 0 Å². The van der Waals surface area contributed by atoms with Gasteiger partial charge in [0.05, 0.1) is 4.90 Å². The first-order chi connectivity index (χ1) is 9.29. The number of halogens is 3. The van der Waals surface area contributed by atoms with Gasteiger partial charge in [-0.15, -0.1) is 0 Å². The number of unbranched alkanes of at least 4 members (excludes halogenated alkanes) is 2. The third-order valence-electron chi connectivity index (χ3n) is 2.68. The van der Waals surface area contributed by atoms with E-state index in [1.165, 1.54) is 12.1 Å². The van der Waals surface area contributed by atoms with Gasteiger partial charge >= 0.3 is 5.51 Å². The molecule has 8 heteroatoms. The standard InChI is InChI=1S/C12H17F3N2O2S/c13-12(14,15)20(18,19)11-6-4-10(5-7-11)17-9-3-1-2-8-16/h4-7,17H,1-3,8-9,16H2. The second-order valence-corrected chi connectivity index (χ2v) is 6.19. The summed E-state index contributed by atoms with van der Waals surface area (Å²) >= 11 is 0. The molecular formula is C12H17F3N2O2S. The highest BCUT2D eigenvalue weighted by Gasteiger charge is 2.46. The fourth-order valence-electron chi connectivity index (χ4n) is 1.56. The van der Waals surface area contributed by atoms with Crippen molar-refractivity contribution in [3.05, 3.63) is 24.3 Å². The summed E-state index contributed by atoms with van der Waals surface area (Å²) in [6.45, 7) is 1.29. The highest BCUT2D eigenvalue weighted by atomic mass is 32.2. The molecule has 0 amide bonds. The lowest BCUT2D eigenvalue weighted by atomic mass is 10.2. The van der Waals surface area contributed by atoms with Gasteiger partial charge in [0, 0.05) is 12.2 Å². The van der Waals surface area contributed by atoms with Crippen molar-refractivity contribution in [1.82, 2.24) is 0 Å². The van der Waals surface area contributed by atoms with Crippen molar-refractivity contribution in [2.75, 3.05) is 18.4 Å². The van der Waals surface area contributed by atoms with Crippen molar-refractivity contribution in [3.63, 3.8) is 0 Å². The van der Waals surface area contributed by atoms with E-state index in [9.17, 15) is 21.6 Å². The highest BCUT2D eigenvalue weighted by molar-refractivity contribution is 7.92. The van der Waals surface area contributed by atoms with Gasteiger partial charge in [0.25, 0.3) is 9.84 Å². The molecule has 0 aliphatic heterocycles. The quantitative estimate of drug-likeness (QED) is 0.759. The van der Waals surface area contributed by atoms with Gasteiger partial charge in [-0.3, -0.25) is 0 Å². The number of hydrogen-bond donors (Lipinski definition) is 2. The molecule has 114 valence electrons. The average molecular weight is 310 g/mol. The summed E-state index contributed by atoms with van der Waals surface area (Å²) in [7, 11) is -5.27. The van der Waals surface area contributed by atoms with E-state index in [1.54, 1.807) is 0 Å². The van der Waals surface area contributed by atoms with Gasteiger partial charge in [-0.1, -0.05) is 6.42 Å².